The predicted octanol–water partition coefficient (Wildman–Crippen LogP) is 1.49. The van der Waals surface area contributed by atoms with E-state index in [-0.39, 0.29) is 0 Å². The monoisotopic (exact) mass is 164 g/mol. The first-order chi connectivity index (χ1) is 5.75. The second-order valence-corrected chi connectivity index (χ2v) is 2.78. The van der Waals surface area contributed by atoms with Crippen LogP contribution < -0.4 is 0 Å². The summed E-state index contributed by atoms with van der Waals surface area (Å²) in [5.41, 5.74) is 1.98. The highest BCUT2D eigenvalue weighted by molar-refractivity contribution is 6.54. The van der Waals surface area contributed by atoms with Crippen LogP contribution in [0.1, 0.15) is 13.8 Å². The zero-order valence-corrected chi connectivity index (χ0v) is 7.45. The summed E-state index contributed by atoms with van der Waals surface area (Å²) in [4.78, 5) is 0. The van der Waals surface area contributed by atoms with Gasteiger partial charge in [-0.3, -0.25) is 0 Å². The fourth-order valence-corrected chi connectivity index (χ4v) is 1.08. The van der Waals surface area contributed by atoms with Crippen LogP contribution >= 0.6 is 0 Å². The number of hydrogen-bond acceptors (Lipinski definition) is 2. The molecule has 0 unspecified atom stereocenters. The van der Waals surface area contributed by atoms with E-state index < -0.39 is 7.12 Å². The molecular formula is C9H13BO2. The lowest BCUT2D eigenvalue weighted by molar-refractivity contribution is 0.309. The van der Waals surface area contributed by atoms with Gasteiger partial charge in [0.05, 0.1) is 6.61 Å². The Balaban J connectivity index is 2.67. The Bertz CT molecular complexity index is 241. The summed E-state index contributed by atoms with van der Waals surface area (Å²) in [7, 11) is -0.730. The second-order valence-electron chi connectivity index (χ2n) is 2.78. The van der Waals surface area contributed by atoms with E-state index in [2.05, 4.69) is 0 Å². The van der Waals surface area contributed by atoms with Crippen molar-refractivity contribution >= 4 is 7.12 Å². The highest BCUT2D eigenvalue weighted by atomic mass is 16.5. The van der Waals surface area contributed by atoms with E-state index in [9.17, 15) is 5.02 Å². The molecule has 1 heterocycles. The Kier molecular flexibility index (Phi) is 3.32. The first-order valence-corrected chi connectivity index (χ1v) is 4.04. The SMILES string of the molecule is CC=CC=CC1=C(C)COB1O. The van der Waals surface area contributed by atoms with Gasteiger partial charge in [-0.05, 0) is 24.9 Å². The molecule has 0 atom stereocenters. The van der Waals surface area contributed by atoms with Crippen LogP contribution in [-0.2, 0) is 4.65 Å². The van der Waals surface area contributed by atoms with E-state index in [1.54, 1.807) is 0 Å². The van der Waals surface area contributed by atoms with Crippen LogP contribution in [-0.4, -0.2) is 18.7 Å². The summed E-state index contributed by atoms with van der Waals surface area (Å²) in [6.45, 7) is 4.45. The molecule has 0 spiro atoms. The molecule has 0 radical (unpaired) electrons. The summed E-state index contributed by atoms with van der Waals surface area (Å²) in [6, 6.07) is 0. The Morgan fingerprint density at radius 2 is 2.25 bits per heavy atom. The molecule has 0 amide bonds. The smallest absolute Gasteiger partial charge is 0.423 e. The maximum Gasteiger partial charge on any atom is 0.491 e. The van der Waals surface area contributed by atoms with Gasteiger partial charge in [0.2, 0.25) is 0 Å². The van der Waals surface area contributed by atoms with Crippen molar-refractivity contribution in [1.29, 1.82) is 0 Å². The van der Waals surface area contributed by atoms with Crippen molar-refractivity contribution in [3.8, 4) is 0 Å². The van der Waals surface area contributed by atoms with Crippen molar-refractivity contribution in [2.75, 3.05) is 6.61 Å². The van der Waals surface area contributed by atoms with Gasteiger partial charge in [-0.1, -0.05) is 24.3 Å². The summed E-state index contributed by atoms with van der Waals surface area (Å²) in [5, 5.41) is 9.30. The third-order valence-corrected chi connectivity index (χ3v) is 1.80. The minimum Gasteiger partial charge on any atom is -0.423 e. The van der Waals surface area contributed by atoms with Gasteiger partial charge in [-0.15, -0.1) is 0 Å². The molecule has 0 aromatic rings. The van der Waals surface area contributed by atoms with Crippen molar-refractivity contribution < 1.29 is 9.68 Å². The zero-order chi connectivity index (χ0) is 8.97. The zero-order valence-electron chi connectivity index (χ0n) is 7.45. The molecule has 2 nitrogen and oxygen atoms in total. The summed E-state index contributed by atoms with van der Waals surface area (Å²) >= 11 is 0. The van der Waals surface area contributed by atoms with Gasteiger partial charge in [0.15, 0.2) is 0 Å². The molecular weight excluding hydrogens is 151 g/mol. The summed E-state index contributed by atoms with van der Waals surface area (Å²) < 4.78 is 5.01. The highest BCUT2D eigenvalue weighted by Gasteiger charge is 2.25. The van der Waals surface area contributed by atoms with E-state index in [1.165, 1.54) is 0 Å². The largest absolute Gasteiger partial charge is 0.491 e. The van der Waals surface area contributed by atoms with Gasteiger partial charge < -0.3 is 9.68 Å². The van der Waals surface area contributed by atoms with Crippen LogP contribution in [0.3, 0.4) is 0 Å². The fraction of sp³-hybridized carbons (Fsp3) is 0.333. The lowest BCUT2D eigenvalue weighted by atomic mass is 9.78. The van der Waals surface area contributed by atoms with Crippen molar-refractivity contribution in [3.63, 3.8) is 0 Å². The Morgan fingerprint density at radius 3 is 2.75 bits per heavy atom. The van der Waals surface area contributed by atoms with E-state index in [1.807, 2.05) is 38.2 Å². The molecule has 0 aliphatic carbocycles. The van der Waals surface area contributed by atoms with Crippen LogP contribution in [0.15, 0.2) is 35.3 Å². The van der Waals surface area contributed by atoms with Crippen LogP contribution in [0, 0.1) is 0 Å². The summed E-state index contributed by atoms with van der Waals surface area (Å²) in [5.74, 6) is 0. The average molecular weight is 164 g/mol. The topological polar surface area (TPSA) is 29.5 Å². The van der Waals surface area contributed by atoms with Crippen molar-refractivity contribution in [1.82, 2.24) is 0 Å². The van der Waals surface area contributed by atoms with Crippen LogP contribution in [0.25, 0.3) is 0 Å². The molecule has 1 aliphatic rings. The third kappa shape index (κ3) is 2.09. The van der Waals surface area contributed by atoms with E-state index in [0.717, 1.165) is 11.0 Å². The molecule has 1 rings (SSSR count). The van der Waals surface area contributed by atoms with Crippen molar-refractivity contribution in [2.45, 2.75) is 13.8 Å². The summed E-state index contributed by atoms with van der Waals surface area (Å²) in [6.07, 6.45) is 7.64. The van der Waals surface area contributed by atoms with E-state index in [4.69, 9.17) is 4.65 Å². The third-order valence-electron chi connectivity index (χ3n) is 1.80. The molecule has 0 aromatic heterocycles. The average Bonchev–Trinajstić information content (AvgIpc) is 2.35. The van der Waals surface area contributed by atoms with Crippen molar-refractivity contribution in [2.24, 2.45) is 0 Å². The highest BCUT2D eigenvalue weighted by Crippen LogP contribution is 2.17. The molecule has 64 valence electrons. The Labute approximate surface area is 73.4 Å². The predicted molar refractivity (Wildman–Crippen MR) is 50.6 cm³/mol. The maximum absolute atomic E-state index is 9.30. The fourth-order valence-electron chi connectivity index (χ4n) is 1.08. The second kappa shape index (κ2) is 4.29. The molecule has 12 heavy (non-hydrogen) atoms. The minimum atomic E-state index is -0.730. The quantitative estimate of drug-likeness (QED) is 0.494. The van der Waals surface area contributed by atoms with Crippen LogP contribution in [0.2, 0.25) is 0 Å². The Hall–Kier alpha value is -0.795. The normalized spacial score (nSPS) is 19.1. The van der Waals surface area contributed by atoms with Gasteiger partial charge in [0.25, 0.3) is 0 Å². The van der Waals surface area contributed by atoms with Gasteiger partial charge in [-0.2, -0.15) is 0 Å². The molecule has 0 aromatic carbocycles. The molecule has 1 aliphatic heterocycles. The maximum atomic E-state index is 9.30. The van der Waals surface area contributed by atoms with Gasteiger partial charge in [0, 0.05) is 0 Å². The standard InChI is InChI=1S/C9H13BO2/c1-3-4-5-6-9-8(2)7-12-10(9)11/h3-6,11H,7H2,1-2H3. The van der Waals surface area contributed by atoms with E-state index in [0.29, 0.717) is 6.61 Å². The number of allylic oxidation sites excluding steroid dienone is 5. The molecule has 0 fully saturated rings. The molecule has 0 saturated carbocycles. The van der Waals surface area contributed by atoms with Crippen LogP contribution in [0.4, 0.5) is 0 Å². The lowest BCUT2D eigenvalue weighted by Crippen LogP contribution is -2.13. The van der Waals surface area contributed by atoms with Gasteiger partial charge in [0.1, 0.15) is 0 Å². The minimum absolute atomic E-state index is 0.538. The Morgan fingerprint density at radius 1 is 1.50 bits per heavy atom. The number of rotatable bonds is 2. The lowest BCUT2D eigenvalue weighted by Gasteiger charge is -1.95. The first-order valence-electron chi connectivity index (χ1n) is 4.04. The van der Waals surface area contributed by atoms with Crippen molar-refractivity contribution in [3.05, 3.63) is 35.3 Å². The first kappa shape index (κ1) is 9.29. The molecule has 3 heteroatoms. The molecule has 0 saturated heterocycles. The van der Waals surface area contributed by atoms with E-state index >= 15 is 0 Å². The molecule has 0 bridgehead atoms. The van der Waals surface area contributed by atoms with Gasteiger partial charge in [-0.25, -0.2) is 0 Å². The molecule has 1 N–H and O–H groups in total. The van der Waals surface area contributed by atoms with Crippen LogP contribution in [0.5, 0.6) is 0 Å². The van der Waals surface area contributed by atoms with Gasteiger partial charge >= 0.3 is 7.12 Å². The number of hydrogen-bond donors (Lipinski definition) is 1.